The van der Waals surface area contributed by atoms with Gasteiger partial charge in [0.25, 0.3) is 0 Å². The molecule has 1 N–H and O–H groups in total. The van der Waals surface area contributed by atoms with Crippen LogP contribution in [0.5, 0.6) is 0 Å². The van der Waals surface area contributed by atoms with Crippen LogP contribution in [0.1, 0.15) is 18.0 Å². The van der Waals surface area contributed by atoms with E-state index in [9.17, 15) is 8.78 Å². The first-order valence-electron chi connectivity index (χ1n) is 4.78. The molecule has 2 aromatic rings. The molecule has 5 heteroatoms. The van der Waals surface area contributed by atoms with Gasteiger partial charge in [0.2, 0.25) is 0 Å². The van der Waals surface area contributed by atoms with Crippen LogP contribution in [0.2, 0.25) is 0 Å². The van der Waals surface area contributed by atoms with Crippen molar-refractivity contribution >= 4 is 17.0 Å². The lowest BCUT2D eigenvalue weighted by Crippen LogP contribution is -2.09. The number of halogens is 2. The zero-order chi connectivity index (χ0) is 11.5. The fourth-order valence-electron chi connectivity index (χ4n) is 1.36. The first kappa shape index (κ1) is 11.0. The van der Waals surface area contributed by atoms with Crippen LogP contribution in [0, 0.1) is 11.6 Å². The van der Waals surface area contributed by atoms with E-state index >= 15 is 0 Å². The van der Waals surface area contributed by atoms with E-state index < -0.39 is 11.6 Å². The van der Waals surface area contributed by atoms with Gasteiger partial charge in [0.1, 0.15) is 22.3 Å². The van der Waals surface area contributed by atoms with Gasteiger partial charge in [-0.25, -0.2) is 13.8 Å². The Bertz CT molecular complexity index is 451. The van der Waals surface area contributed by atoms with Crippen LogP contribution >= 0.6 is 11.3 Å². The van der Waals surface area contributed by atoms with Crippen molar-refractivity contribution in [2.24, 2.45) is 0 Å². The normalized spacial score (nSPS) is 12.4. The monoisotopic (exact) mass is 240 g/mol. The molecule has 0 saturated carbocycles. The molecule has 0 aliphatic carbocycles. The first-order chi connectivity index (χ1) is 7.68. The molecule has 0 saturated heterocycles. The SMILES string of the molecule is CC(Nc1c(F)cccc1F)c1nccs1. The smallest absolute Gasteiger partial charge is 0.149 e. The third kappa shape index (κ3) is 2.19. The molecular weight excluding hydrogens is 230 g/mol. The Morgan fingerprint density at radius 1 is 1.31 bits per heavy atom. The summed E-state index contributed by atoms with van der Waals surface area (Å²) in [5.74, 6) is -1.19. The Hall–Kier alpha value is -1.49. The zero-order valence-corrected chi connectivity index (χ0v) is 9.39. The van der Waals surface area contributed by atoms with Crippen molar-refractivity contribution in [2.45, 2.75) is 13.0 Å². The highest BCUT2D eigenvalue weighted by Gasteiger charge is 2.13. The molecule has 0 aliphatic rings. The van der Waals surface area contributed by atoms with E-state index in [0.717, 1.165) is 5.01 Å². The highest BCUT2D eigenvalue weighted by Crippen LogP contribution is 2.24. The van der Waals surface area contributed by atoms with Gasteiger partial charge in [-0.2, -0.15) is 0 Å². The predicted molar refractivity (Wildman–Crippen MR) is 60.5 cm³/mol. The fourth-order valence-corrected chi connectivity index (χ4v) is 2.01. The largest absolute Gasteiger partial charge is 0.371 e. The van der Waals surface area contributed by atoms with E-state index in [1.54, 1.807) is 6.20 Å². The highest BCUT2D eigenvalue weighted by molar-refractivity contribution is 7.09. The molecule has 2 nitrogen and oxygen atoms in total. The van der Waals surface area contributed by atoms with Gasteiger partial charge in [-0.05, 0) is 19.1 Å². The number of thiazole rings is 1. The second-order valence-electron chi connectivity index (χ2n) is 3.33. The minimum Gasteiger partial charge on any atom is -0.371 e. The lowest BCUT2D eigenvalue weighted by Gasteiger charge is -2.13. The molecule has 0 fully saturated rings. The Kier molecular flexibility index (Phi) is 3.14. The van der Waals surface area contributed by atoms with Crippen molar-refractivity contribution in [3.8, 4) is 0 Å². The van der Waals surface area contributed by atoms with Crippen LogP contribution in [0.25, 0.3) is 0 Å². The molecule has 1 heterocycles. The number of anilines is 1. The van der Waals surface area contributed by atoms with Gasteiger partial charge in [0, 0.05) is 11.6 Å². The lowest BCUT2D eigenvalue weighted by atomic mass is 10.2. The maximum Gasteiger partial charge on any atom is 0.149 e. The van der Waals surface area contributed by atoms with E-state index in [4.69, 9.17) is 0 Å². The maximum absolute atomic E-state index is 13.3. The summed E-state index contributed by atoms with van der Waals surface area (Å²) in [4.78, 5) is 4.08. The summed E-state index contributed by atoms with van der Waals surface area (Å²) in [6, 6.07) is 3.57. The van der Waals surface area contributed by atoms with Crippen LogP contribution in [0.3, 0.4) is 0 Å². The number of nitrogens with one attached hydrogen (secondary N) is 1. The summed E-state index contributed by atoms with van der Waals surface area (Å²) in [5.41, 5.74) is -0.106. The quantitative estimate of drug-likeness (QED) is 0.886. The van der Waals surface area contributed by atoms with Gasteiger partial charge < -0.3 is 5.32 Å². The average Bonchev–Trinajstić information content (AvgIpc) is 2.76. The third-order valence-electron chi connectivity index (χ3n) is 2.15. The minimum absolute atomic E-state index is 0.106. The number of nitrogens with zero attached hydrogens (tertiary/aromatic N) is 1. The Morgan fingerprint density at radius 3 is 2.56 bits per heavy atom. The summed E-state index contributed by atoms with van der Waals surface area (Å²) in [5, 5.41) is 5.40. The van der Waals surface area contributed by atoms with Crippen molar-refractivity contribution in [3.05, 3.63) is 46.4 Å². The summed E-state index contributed by atoms with van der Waals surface area (Å²) >= 11 is 1.44. The molecule has 84 valence electrons. The topological polar surface area (TPSA) is 24.9 Å². The first-order valence-corrected chi connectivity index (χ1v) is 5.66. The fraction of sp³-hybridized carbons (Fsp3) is 0.182. The van der Waals surface area contributed by atoms with Crippen molar-refractivity contribution in [3.63, 3.8) is 0 Å². The highest BCUT2D eigenvalue weighted by atomic mass is 32.1. The molecule has 0 bridgehead atoms. The molecule has 2 rings (SSSR count). The molecule has 0 spiro atoms. The van der Waals surface area contributed by atoms with Gasteiger partial charge in [0.05, 0.1) is 6.04 Å². The number of hydrogen-bond donors (Lipinski definition) is 1. The minimum atomic E-state index is -0.594. The second-order valence-corrected chi connectivity index (χ2v) is 4.26. The molecule has 0 amide bonds. The van der Waals surface area contributed by atoms with E-state index in [0.29, 0.717) is 0 Å². The van der Waals surface area contributed by atoms with E-state index in [1.165, 1.54) is 29.5 Å². The maximum atomic E-state index is 13.3. The molecule has 1 aromatic carbocycles. The second kappa shape index (κ2) is 4.57. The molecule has 16 heavy (non-hydrogen) atoms. The number of para-hydroxylation sites is 1. The van der Waals surface area contributed by atoms with Crippen molar-refractivity contribution in [1.29, 1.82) is 0 Å². The number of aromatic nitrogens is 1. The number of rotatable bonds is 3. The average molecular weight is 240 g/mol. The van der Waals surface area contributed by atoms with E-state index in [2.05, 4.69) is 10.3 Å². The van der Waals surface area contributed by atoms with Crippen LogP contribution in [0.15, 0.2) is 29.8 Å². The van der Waals surface area contributed by atoms with Crippen molar-refractivity contribution in [1.82, 2.24) is 4.98 Å². The number of benzene rings is 1. The number of hydrogen-bond acceptors (Lipinski definition) is 3. The molecule has 1 aromatic heterocycles. The molecule has 0 aliphatic heterocycles. The molecule has 1 unspecified atom stereocenters. The summed E-state index contributed by atoms with van der Waals surface area (Å²) < 4.78 is 26.7. The molecular formula is C11H10F2N2S. The Balaban J connectivity index is 2.21. The van der Waals surface area contributed by atoms with Gasteiger partial charge in [-0.15, -0.1) is 11.3 Å². The van der Waals surface area contributed by atoms with Crippen LogP contribution in [-0.2, 0) is 0 Å². The lowest BCUT2D eigenvalue weighted by molar-refractivity contribution is 0.584. The Labute approximate surface area is 96.0 Å². The van der Waals surface area contributed by atoms with Crippen molar-refractivity contribution in [2.75, 3.05) is 5.32 Å². The summed E-state index contributed by atoms with van der Waals surface area (Å²) in [7, 11) is 0. The predicted octanol–water partition coefficient (Wildman–Crippen LogP) is 3.59. The Morgan fingerprint density at radius 2 is 2.00 bits per heavy atom. The van der Waals surface area contributed by atoms with Gasteiger partial charge in [-0.1, -0.05) is 6.07 Å². The standard InChI is InChI=1S/C11H10F2N2S/c1-7(11-14-5-6-16-11)15-10-8(12)3-2-4-9(10)13/h2-7,15H,1H3. The van der Waals surface area contributed by atoms with Crippen LogP contribution in [-0.4, -0.2) is 4.98 Å². The van der Waals surface area contributed by atoms with Crippen molar-refractivity contribution < 1.29 is 8.78 Å². The molecule has 0 radical (unpaired) electrons. The van der Waals surface area contributed by atoms with Crippen LogP contribution in [0.4, 0.5) is 14.5 Å². The van der Waals surface area contributed by atoms with Gasteiger partial charge in [0.15, 0.2) is 0 Å². The molecule has 1 atom stereocenters. The summed E-state index contributed by atoms with van der Waals surface area (Å²) in [6.45, 7) is 1.81. The summed E-state index contributed by atoms with van der Waals surface area (Å²) in [6.07, 6.45) is 1.66. The van der Waals surface area contributed by atoms with Crippen LogP contribution < -0.4 is 5.32 Å². The van der Waals surface area contributed by atoms with E-state index in [-0.39, 0.29) is 11.7 Å². The van der Waals surface area contributed by atoms with Gasteiger partial charge >= 0.3 is 0 Å². The van der Waals surface area contributed by atoms with Gasteiger partial charge in [-0.3, -0.25) is 0 Å². The zero-order valence-electron chi connectivity index (χ0n) is 8.58. The van der Waals surface area contributed by atoms with E-state index in [1.807, 2.05) is 12.3 Å². The third-order valence-corrected chi connectivity index (χ3v) is 3.10.